The second-order valence-corrected chi connectivity index (χ2v) is 4.66. The van der Waals surface area contributed by atoms with Crippen molar-refractivity contribution in [3.8, 4) is 0 Å². The molecule has 0 saturated carbocycles. The Hall–Kier alpha value is -0.600. The quantitative estimate of drug-likeness (QED) is 0.832. The van der Waals surface area contributed by atoms with E-state index in [0.29, 0.717) is 5.92 Å². The zero-order valence-electron chi connectivity index (χ0n) is 9.13. The minimum Gasteiger partial charge on any atom is -0.324 e. The average Bonchev–Trinajstić information content (AvgIpc) is 2.18. The van der Waals surface area contributed by atoms with E-state index >= 15 is 0 Å². The Balaban J connectivity index is 2.65. The van der Waals surface area contributed by atoms with Crippen molar-refractivity contribution in [2.45, 2.75) is 32.7 Å². The highest BCUT2D eigenvalue weighted by Crippen LogP contribution is 2.22. The maximum absolute atomic E-state index is 13.2. The third-order valence-corrected chi connectivity index (χ3v) is 2.73. The Kier molecular flexibility index (Phi) is 4.55. The summed E-state index contributed by atoms with van der Waals surface area (Å²) in [4.78, 5) is 0. The van der Waals surface area contributed by atoms with Crippen LogP contribution in [0.4, 0.5) is 4.39 Å². The van der Waals surface area contributed by atoms with Crippen molar-refractivity contribution >= 4 is 11.6 Å². The molecule has 0 heterocycles. The van der Waals surface area contributed by atoms with Crippen molar-refractivity contribution in [3.63, 3.8) is 0 Å². The molecule has 0 aliphatic carbocycles. The van der Waals surface area contributed by atoms with Crippen molar-refractivity contribution in [1.82, 2.24) is 0 Å². The van der Waals surface area contributed by atoms with Gasteiger partial charge in [-0.05, 0) is 36.5 Å². The molecule has 2 N–H and O–H groups in total. The van der Waals surface area contributed by atoms with Gasteiger partial charge in [0.15, 0.2) is 0 Å². The Morgan fingerprint density at radius 3 is 2.53 bits per heavy atom. The van der Waals surface area contributed by atoms with Crippen molar-refractivity contribution < 1.29 is 4.39 Å². The lowest BCUT2D eigenvalue weighted by Crippen LogP contribution is -2.11. The van der Waals surface area contributed by atoms with Gasteiger partial charge in [-0.3, -0.25) is 0 Å². The van der Waals surface area contributed by atoms with Gasteiger partial charge in [0.1, 0.15) is 5.82 Å². The van der Waals surface area contributed by atoms with E-state index in [1.165, 1.54) is 6.07 Å². The molecule has 0 aliphatic heterocycles. The minimum atomic E-state index is -0.394. The van der Waals surface area contributed by atoms with E-state index in [9.17, 15) is 4.39 Å². The van der Waals surface area contributed by atoms with E-state index in [2.05, 4.69) is 13.8 Å². The maximum Gasteiger partial charge on any atom is 0.142 e. The molecule has 1 aromatic carbocycles. The molecule has 0 aliphatic rings. The summed E-state index contributed by atoms with van der Waals surface area (Å²) in [5.74, 6) is 0.224. The van der Waals surface area contributed by atoms with Crippen LogP contribution in [-0.2, 0) is 0 Å². The van der Waals surface area contributed by atoms with Gasteiger partial charge < -0.3 is 5.73 Å². The number of nitrogens with two attached hydrogens (primary N) is 1. The Labute approximate surface area is 95.4 Å². The fourth-order valence-electron chi connectivity index (χ4n) is 1.42. The predicted molar refractivity (Wildman–Crippen MR) is 62.4 cm³/mol. The van der Waals surface area contributed by atoms with Gasteiger partial charge in [-0.25, -0.2) is 4.39 Å². The number of rotatable bonds is 4. The fraction of sp³-hybridized carbons (Fsp3) is 0.500. The van der Waals surface area contributed by atoms with Gasteiger partial charge in [0.25, 0.3) is 0 Å². The first-order valence-electron chi connectivity index (χ1n) is 5.21. The Morgan fingerprint density at radius 2 is 2.00 bits per heavy atom. The molecule has 0 aromatic heterocycles. The summed E-state index contributed by atoms with van der Waals surface area (Å²) in [6.07, 6.45) is 1.92. The molecule has 84 valence electrons. The molecule has 15 heavy (non-hydrogen) atoms. The van der Waals surface area contributed by atoms with E-state index in [0.717, 1.165) is 18.4 Å². The largest absolute Gasteiger partial charge is 0.324 e. The van der Waals surface area contributed by atoms with Gasteiger partial charge in [0, 0.05) is 6.04 Å². The van der Waals surface area contributed by atoms with Crippen LogP contribution < -0.4 is 5.73 Å². The summed E-state index contributed by atoms with van der Waals surface area (Å²) < 4.78 is 13.2. The lowest BCUT2D eigenvalue weighted by molar-refractivity contribution is 0.505. The second-order valence-electron chi connectivity index (χ2n) is 4.25. The molecule has 1 unspecified atom stereocenters. The molecule has 1 aromatic rings. The number of halogens is 2. The third-order valence-electron chi connectivity index (χ3n) is 2.43. The molecule has 0 amide bonds. The van der Waals surface area contributed by atoms with Crippen molar-refractivity contribution in [1.29, 1.82) is 0 Å². The molecule has 0 saturated heterocycles. The monoisotopic (exact) mass is 229 g/mol. The molecular weight excluding hydrogens is 213 g/mol. The predicted octanol–water partition coefficient (Wildman–Crippen LogP) is 3.92. The molecule has 0 fully saturated rings. The van der Waals surface area contributed by atoms with Crippen LogP contribution >= 0.6 is 11.6 Å². The lowest BCUT2D eigenvalue weighted by Gasteiger charge is -2.13. The highest BCUT2D eigenvalue weighted by Gasteiger charge is 2.09. The van der Waals surface area contributed by atoms with E-state index in [1.54, 1.807) is 12.1 Å². The third kappa shape index (κ3) is 3.80. The maximum atomic E-state index is 13.2. The Morgan fingerprint density at radius 1 is 1.33 bits per heavy atom. The first kappa shape index (κ1) is 12.5. The van der Waals surface area contributed by atoms with Crippen molar-refractivity contribution in [3.05, 3.63) is 34.6 Å². The minimum absolute atomic E-state index is 0.0980. The number of hydrogen-bond donors (Lipinski definition) is 1. The normalized spacial score (nSPS) is 13.2. The molecule has 1 rings (SSSR count). The molecule has 1 atom stereocenters. The van der Waals surface area contributed by atoms with E-state index in [1.807, 2.05) is 0 Å². The number of benzene rings is 1. The van der Waals surface area contributed by atoms with Crippen LogP contribution in [0.2, 0.25) is 5.02 Å². The van der Waals surface area contributed by atoms with Crippen LogP contribution in [0.1, 0.15) is 38.3 Å². The fourth-order valence-corrected chi connectivity index (χ4v) is 1.54. The van der Waals surface area contributed by atoms with Gasteiger partial charge in [-0.1, -0.05) is 31.5 Å². The smallest absolute Gasteiger partial charge is 0.142 e. The van der Waals surface area contributed by atoms with E-state index in [4.69, 9.17) is 17.3 Å². The van der Waals surface area contributed by atoms with Crippen LogP contribution in [0.15, 0.2) is 18.2 Å². The van der Waals surface area contributed by atoms with E-state index in [-0.39, 0.29) is 11.1 Å². The van der Waals surface area contributed by atoms with Gasteiger partial charge in [-0.2, -0.15) is 0 Å². The molecule has 0 radical (unpaired) electrons. The highest BCUT2D eigenvalue weighted by atomic mass is 35.5. The summed E-state index contributed by atoms with van der Waals surface area (Å²) in [6.45, 7) is 4.30. The molecule has 0 spiro atoms. The van der Waals surface area contributed by atoms with Gasteiger partial charge in [-0.15, -0.1) is 0 Å². The summed E-state index contributed by atoms with van der Waals surface area (Å²) in [6, 6.07) is 4.67. The Bertz CT molecular complexity index is 325. The SMILES string of the molecule is CC(C)CCC(N)c1ccc(Cl)c(F)c1. The summed E-state index contributed by atoms with van der Waals surface area (Å²) in [5, 5.41) is 0.148. The molecule has 3 heteroatoms. The molecule has 1 nitrogen and oxygen atoms in total. The number of hydrogen-bond acceptors (Lipinski definition) is 1. The van der Waals surface area contributed by atoms with Crippen molar-refractivity contribution in [2.75, 3.05) is 0 Å². The molecule has 0 bridgehead atoms. The van der Waals surface area contributed by atoms with E-state index < -0.39 is 5.82 Å². The summed E-state index contributed by atoms with van der Waals surface area (Å²) >= 11 is 5.60. The van der Waals surface area contributed by atoms with Crippen LogP contribution in [0.25, 0.3) is 0 Å². The average molecular weight is 230 g/mol. The van der Waals surface area contributed by atoms with Gasteiger partial charge in [0.2, 0.25) is 0 Å². The van der Waals surface area contributed by atoms with Crippen molar-refractivity contribution in [2.24, 2.45) is 11.7 Å². The first-order chi connectivity index (χ1) is 7.00. The molecular formula is C12H17ClFN. The van der Waals surface area contributed by atoms with Crippen LogP contribution in [0, 0.1) is 11.7 Å². The van der Waals surface area contributed by atoms with Gasteiger partial charge >= 0.3 is 0 Å². The lowest BCUT2D eigenvalue weighted by atomic mass is 9.98. The second kappa shape index (κ2) is 5.47. The topological polar surface area (TPSA) is 26.0 Å². The van der Waals surface area contributed by atoms with Crippen LogP contribution in [0.5, 0.6) is 0 Å². The van der Waals surface area contributed by atoms with Crippen LogP contribution in [-0.4, -0.2) is 0 Å². The first-order valence-corrected chi connectivity index (χ1v) is 5.59. The highest BCUT2D eigenvalue weighted by molar-refractivity contribution is 6.30. The zero-order chi connectivity index (χ0) is 11.4. The summed E-state index contributed by atoms with van der Waals surface area (Å²) in [5.41, 5.74) is 6.77. The zero-order valence-corrected chi connectivity index (χ0v) is 9.89. The van der Waals surface area contributed by atoms with Gasteiger partial charge in [0.05, 0.1) is 5.02 Å². The standard InChI is InChI=1S/C12H17ClFN/c1-8(2)3-6-12(15)9-4-5-10(13)11(14)7-9/h4-5,7-8,12H,3,6,15H2,1-2H3. The van der Waals surface area contributed by atoms with Crippen LogP contribution in [0.3, 0.4) is 0 Å². The summed E-state index contributed by atoms with van der Waals surface area (Å²) in [7, 11) is 0.